The number of para-hydroxylation sites is 1. The number of methoxy groups -OCH3 is 2. The summed E-state index contributed by atoms with van der Waals surface area (Å²) in [6.07, 6.45) is 1.76. The number of allylic oxidation sites excluding steroid dienone is 1. The molecule has 0 atom stereocenters. The molecule has 29 heavy (non-hydrogen) atoms. The van der Waals surface area contributed by atoms with Crippen LogP contribution in [0.1, 0.15) is 10.4 Å². The highest BCUT2D eigenvalue weighted by molar-refractivity contribution is 7.16. The molecule has 4 rings (SSSR count). The van der Waals surface area contributed by atoms with Crippen molar-refractivity contribution in [2.45, 2.75) is 6.54 Å². The fraction of sp³-hybridized carbons (Fsp3) is 0.238. The number of aromatic nitrogens is 1. The van der Waals surface area contributed by atoms with Crippen LogP contribution in [0.3, 0.4) is 0 Å². The molecule has 0 saturated carbocycles. The third kappa shape index (κ3) is 3.47. The standard InChI is InChI=1S/C21H20N2O5S/c1-4-8-23-14-11-16-17(28-10-9-27-16)12-18(14)29-21(23)22-20(24)13-6-5-7-15(25-2)19(13)26-3/h4-7,11-12H,1,8-10H2,2-3H3. The van der Waals surface area contributed by atoms with E-state index in [1.54, 1.807) is 24.3 Å². The van der Waals surface area contributed by atoms with E-state index in [0.29, 0.717) is 53.1 Å². The van der Waals surface area contributed by atoms with E-state index in [2.05, 4.69) is 11.6 Å². The van der Waals surface area contributed by atoms with Gasteiger partial charge in [0.2, 0.25) is 0 Å². The van der Waals surface area contributed by atoms with Crippen molar-refractivity contribution in [3.63, 3.8) is 0 Å². The van der Waals surface area contributed by atoms with E-state index >= 15 is 0 Å². The second-order valence-electron chi connectivity index (χ2n) is 6.21. The molecule has 0 N–H and O–H groups in total. The van der Waals surface area contributed by atoms with E-state index in [9.17, 15) is 4.79 Å². The first-order valence-corrected chi connectivity index (χ1v) is 9.82. The van der Waals surface area contributed by atoms with E-state index in [1.807, 2.05) is 16.7 Å². The number of hydrogen-bond acceptors (Lipinski definition) is 6. The van der Waals surface area contributed by atoms with E-state index in [4.69, 9.17) is 18.9 Å². The van der Waals surface area contributed by atoms with Crippen LogP contribution in [0.15, 0.2) is 48.0 Å². The van der Waals surface area contributed by atoms with Crippen LogP contribution in [0.2, 0.25) is 0 Å². The zero-order chi connectivity index (χ0) is 20.4. The lowest BCUT2D eigenvalue weighted by Gasteiger charge is -2.18. The van der Waals surface area contributed by atoms with E-state index in [0.717, 1.165) is 10.2 Å². The van der Waals surface area contributed by atoms with Crippen LogP contribution in [0.5, 0.6) is 23.0 Å². The molecule has 1 aromatic heterocycles. The number of nitrogens with zero attached hydrogens (tertiary/aromatic N) is 2. The average molecular weight is 412 g/mol. The van der Waals surface area contributed by atoms with Gasteiger partial charge in [0.05, 0.1) is 30.0 Å². The van der Waals surface area contributed by atoms with Gasteiger partial charge in [-0.1, -0.05) is 23.5 Å². The van der Waals surface area contributed by atoms with Gasteiger partial charge in [-0.05, 0) is 12.1 Å². The third-order valence-electron chi connectivity index (χ3n) is 4.49. The number of rotatable bonds is 5. The second kappa shape index (κ2) is 8.00. The Morgan fingerprint density at radius 3 is 2.69 bits per heavy atom. The van der Waals surface area contributed by atoms with E-state index in [-0.39, 0.29) is 0 Å². The molecule has 8 heteroatoms. The Morgan fingerprint density at radius 1 is 1.24 bits per heavy atom. The zero-order valence-corrected chi connectivity index (χ0v) is 17.0. The van der Waals surface area contributed by atoms with Crippen LogP contribution < -0.4 is 23.7 Å². The summed E-state index contributed by atoms with van der Waals surface area (Å²) in [7, 11) is 3.02. The highest BCUT2D eigenvalue weighted by Gasteiger charge is 2.19. The Labute approximate surface area is 171 Å². The van der Waals surface area contributed by atoms with Crippen molar-refractivity contribution in [1.29, 1.82) is 0 Å². The van der Waals surface area contributed by atoms with Gasteiger partial charge in [0.25, 0.3) is 5.91 Å². The fourth-order valence-electron chi connectivity index (χ4n) is 3.20. The summed E-state index contributed by atoms with van der Waals surface area (Å²) in [4.78, 5) is 17.9. The lowest BCUT2D eigenvalue weighted by atomic mass is 10.2. The minimum absolute atomic E-state index is 0.334. The summed E-state index contributed by atoms with van der Waals surface area (Å²) in [5.41, 5.74) is 1.24. The lowest BCUT2D eigenvalue weighted by Crippen LogP contribution is -2.17. The molecule has 7 nitrogen and oxygen atoms in total. The number of hydrogen-bond donors (Lipinski definition) is 0. The number of ether oxygens (including phenoxy) is 4. The molecule has 1 aliphatic heterocycles. The van der Waals surface area contributed by atoms with Crippen molar-refractivity contribution in [1.82, 2.24) is 4.57 Å². The molecular formula is C21H20N2O5S. The van der Waals surface area contributed by atoms with Crippen LogP contribution in [0.25, 0.3) is 10.2 Å². The molecule has 0 radical (unpaired) electrons. The van der Waals surface area contributed by atoms with Crippen LogP contribution in [0, 0.1) is 0 Å². The second-order valence-corrected chi connectivity index (χ2v) is 7.21. The smallest absolute Gasteiger partial charge is 0.283 e. The Balaban J connectivity index is 1.86. The molecule has 0 bridgehead atoms. The Bertz CT molecular complexity index is 1160. The van der Waals surface area contributed by atoms with Gasteiger partial charge in [0.15, 0.2) is 27.8 Å². The maximum Gasteiger partial charge on any atom is 0.283 e. The van der Waals surface area contributed by atoms with Gasteiger partial charge in [-0.15, -0.1) is 6.58 Å². The van der Waals surface area contributed by atoms with E-state index < -0.39 is 5.91 Å². The first-order chi connectivity index (χ1) is 14.2. The summed E-state index contributed by atoms with van der Waals surface area (Å²) in [5.74, 6) is 1.81. The van der Waals surface area contributed by atoms with Gasteiger partial charge in [0, 0.05) is 18.7 Å². The number of fused-ring (bicyclic) bond motifs is 2. The van der Waals surface area contributed by atoms with Gasteiger partial charge in [-0.25, -0.2) is 0 Å². The minimum Gasteiger partial charge on any atom is -0.493 e. The Morgan fingerprint density at radius 2 is 2.00 bits per heavy atom. The summed E-state index contributed by atoms with van der Waals surface area (Å²) < 4.78 is 24.9. The van der Waals surface area contributed by atoms with Crippen LogP contribution in [-0.2, 0) is 6.54 Å². The highest BCUT2D eigenvalue weighted by atomic mass is 32.1. The number of carbonyl (C=O) groups is 1. The van der Waals surface area contributed by atoms with Gasteiger partial charge in [-0.2, -0.15) is 4.99 Å². The van der Waals surface area contributed by atoms with Crippen molar-refractivity contribution in [3.8, 4) is 23.0 Å². The maximum absolute atomic E-state index is 13.0. The van der Waals surface area contributed by atoms with Crippen molar-refractivity contribution < 1.29 is 23.7 Å². The number of amides is 1. The SMILES string of the molecule is C=CCn1c(=NC(=O)c2cccc(OC)c2OC)sc2cc3c(cc21)OCCO3. The van der Waals surface area contributed by atoms with Crippen molar-refractivity contribution in [2.75, 3.05) is 27.4 Å². The molecule has 1 amide bonds. The Kier molecular flexibility index (Phi) is 5.26. The zero-order valence-electron chi connectivity index (χ0n) is 16.1. The summed E-state index contributed by atoms with van der Waals surface area (Å²) in [6, 6.07) is 8.97. The molecule has 150 valence electrons. The normalized spacial score (nSPS) is 13.4. The molecule has 0 aliphatic carbocycles. The molecule has 2 aromatic carbocycles. The number of thiazole rings is 1. The largest absolute Gasteiger partial charge is 0.493 e. The van der Waals surface area contributed by atoms with Gasteiger partial charge >= 0.3 is 0 Å². The number of benzene rings is 2. The topological polar surface area (TPSA) is 71.3 Å². The lowest BCUT2D eigenvalue weighted by molar-refractivity contribution is 0.0994. The first-order valence-electron chi connectivity index (χ1n) is 9.00. The molecule has 0 unspecified atom stereocenters. The molecule has 0 spiro atoms. The van der Waals surface area contributed by atoms with Gasteiger partial charge in [0.1, 0.15) is 13.2 Å². The quantitative estimate of drug-likeness (QED) is 0.601. The van der Waals surface area contributed by atoms with E-state index in [1.165, 1.54) is 25.6 Å². The predicted octanol–water partition coefficient (Wildman–Crippen LogP) is 3.42. The monoisotopic (exact) mass is 412 g/mol. The molecule has 3 aromatic rings. The predicted molar refractivity (Wildman–Crippen MR) is 110 cm³/mol. The first kappa shape index (κ1) is 19.1. The van der Waals surface area contributed by atoms with Gasteiger partial charge < -0.3 is 23.5 Å². The summed E-state index contributed by atoms with van der Waals surface area (Å²) in [6.45, 7) is 5.35. The van der Waals surface area contributed by atoms with Crippen molar-refractivity contribution in [3.05, 3.63) is 53.4 Å². The summed E-state index contributed by atoms with van der Waals surface area (Å²) in [5, 5.41) is 0. The molecule has 0 fully saturated rings. The summed E-state index contributed by atoms with van der Waals surface area (Å²) >= 11 is 1.40. The third-order valence-corrected chi connectivity index (χ3v) is 5.53. The van der Waals surface area contributed by atoms with Gasteiger partial charge in [-0.3, -0.25) is 4.79 Å². The molecule has 1 aliphatic rings. The van der Waals surface area contributed by atoms with Crippen LogP contribution in [-0.4, -0.2) is 37.9 Å². The average Bonchev–Trinajstić information content (AvgIpc) is 3.07. The van der Waals surface area contributed by atoms with Crippen molar-refractivity contribution >= 4 is 27.5 Å². The van der Waals surface area contributed by atoms with Crippen LogP contribution in [0.4, 0.5) is 0 Å². The number of carbonyl (C=O) groups excluding carboxylic acids is 1. The Hall–Kier alpha value is -3.26. The maximum atomic E-state index is 13.0. The van der Waals surface area contributed by atoms with Crippen molar-refractivity contribution in [2.24, 2.45) is 4.99 Å². The fourth-order valence-corrected chi connectivity index (χ4v) is 4.25. The highest BCUT2D eigenvalue weighted by Crippen LogP contribution is 2.36. The molecule has 0 saturated heterocycles. The molecule has 2 heterocycles. The van der Waals surface area contributed by atoms with Crippen LogP contribution >= 0.6 is 11.3 Å². The minimum atomic E-state index is -0.414. The molecular weight excluding hydrogens is 392 g/mol.